The van der Waals surface area contributed by atoms with Crippen molar-refractivity contribution in [2.75, 3.05) is 18.5 Å². The molecule has 0 saturated heterocycles. The number of hydrogen-bond donors (Lipinski definition) is 1. The van der Waals surface area contributed by atoms with E-state index < -0.39 is 23.8 Å². The van der Waals surface area contributed by atoms with Gasteiger partial charge in [0, 0.05) is 5.56 Å². The van der Waals surface area contributed by atoms with E-state index in [4.69, 9.17) is 9.47 Å². The van der Waals surface area contributed by atoms with Gasteiger partial charge in [-0.15, -0.1) is 0 Å². The number of fused-ring (bicyclic) bond motifs is 3. The summed E-state index contributed by atoms with van der Waals surface area (Å²) in [5, 5.41) is 2.76. The van der Waals surface area contributed by atoms with Gasteiger partial charge in [-0.05, 0) is 32.0 Å². The number of esters is 1. The normalized spacial score (nSPS) is 18.4. The first-order valence-electron chi connectivity index (χ1n) is 9.31. The Balaban J connectivity index is 1.98. The number of carbonyl (C=O) groups excluding carboxylic acids is 2. The highest BCUT2D eigenvalue weighted by Gasteiger charge is 2.45. The van der Waals surface area contributed by atoms with Crippen LogP contribution in [0.2, 0.25) is 0 Å². The number of nitrogens with zero attached hydrogens (tertiary/aromatic N) is 2. The minimum atomic E-state index is -1.05. The standard InChI is InChI=1S/C21H21N3O4/c1-3-27-16-12-8-5-9-13(16)18-17(20(26)28-4-2)19(25)23-21-22-14-10-6-7-11-15(14)24(18)21/h5-12,17-18H,3-4H2,1-2H3,(H,22,23,25). The van der Waals surface area contributed by atoms with Crippen LogP contribution in [0.25, 0.3) is 11.0 Å². The number of carbonyl (C=O) groups is 2. The maximum atomic E-state index is 12.9. The zero-order chi connectivity index (χ0) is 19.7. The molecular formula is C21H21N3O4. The molecule has 28 heavy (non-hydrogen) atoms. The molecule has 7 heteroatoms. The predicted octanol–water partition coefficient (Wildman–Crippen LogP) is 3.16. The maximum Gasteiger partial charge on any atom is 0.321 e. The third kappa shape index (κ3) is 2.89. The average Bonchev–Trinajstić information content (AvgIpc) is 3.05. The second-order valence-corrected chi connectivity index (χ2v) is 6.43. The van der Waals surface area contributed by atoms with E-state index in [0.717, 1.165) is 16.6 Å². The van der Waals surface area contributed by atoms with E-state index in [0.29, 0.717) is 18.3 Å². The summed E-state index contributed by atoms with van der Waals surface area (Å²) in [7, 11) is 0. The molecule has 4 rings (SSSR count). The van der Waals surface area contributed by atoms with Gasteiger partial charge in [0.1, 0.15) is 5.75 Å². The molecular weight excluding hydrogens is 358 g/mol. The average molecular weight is 379 g/mol. The van der Waals surface area contributed by atoms with E-state index in [2.05, 4.69) is 10.3 Å². The Bertz CT molecular complexity index is 1040. The van der Waals surface area contributed by atoms with Crippen LogP contribution in [0.4, 0.5) is 5.95 Å². The van der Waals surface area contributed by atoms with Gasteiger partial charge in [0.2, 0.25) is 11.9 Å². The van der Waals surface area contributed by atoms with Gasteiger partial charge in [0.05, 0.1) is 30.3 Å². The van der Waals surface area contributed by atoms with E-state index in [1.165, 1.54) is 0 Å². The number of rotatable bonds is 5. The van der Waals surface area contributed by atoms with Gasteiger partial charge >= 0.3 is 5.97 Å². The van der Waals surface area contributed by atoms with Crippen molar-refractivity contribution in [1.82, 2.24) is 9.55 Å². The molecule has 2 heterocycles. The SMILES string of the molecule is CCOC(=O)C1C(=O)Nc2nc3ccccc3n2C1c1ccccc1OCC. The number of hydrogen-bond acceptors (Lipinski definition) is 5. The van der Waals surface area contributed by atoms with Gasteiger partial charge in [-0.25, -0.2) is 4.98 Å². The molecule has 3 aromatic rings. The van der Waals surface area contributed by atoms with Crippen molar-refractivity contribution in [1.29, 1.82) is 0 Å². The van der Waals surface area contributed by atoms with E-state index in [9.17, 15) is 9.59 Å². The first-order chi connectivity index (χ1) is 13.7. The molecule has 0 bridgehead atoms. The van der Waals surface area contributed by atoms with Crippen LogP contribution >= 0.6 is 0 Å². The molecule has 0 spiro atoms. The van der Waals surface area contributed by atoms with E-state index in [1.54, 1.807) is 6.92 Å². The molecule has 1 aliphatic rings. The number of amides is 1. The Kier molecular flexibility index (Phi) is 4.73. The Morgan fingerprint density at radius 1 is 1.11 bits per heavy atom. The summed E-state index contributed by atoms with van der Waals surface area (Å²) < 4.78 is 12.9. The third-order valence-corrected chi connectivity index (χ3v) is 4.79. The quantitative estimate of drug-likeness (QED) is 0.544. The van der Waals surface area contributed by atoms with Crippen molar-refractivity contribution in [3.05, 3.63) is 54.1 Å². The summed E-state index contributed by atoms with van der Waals surface area (Å²) in [4.78, 5) is 30.2. The van der Waals surface area contributed by atoms with Crippen molar-refractivity contribution in [3.8, 4) is 5.75 Å². The molecule has 2 atom stereocenters. The zero-order valence-electron chi connectivity index (χ0n) is 15.7. The Hall–Kier alpha value is -3.35. The highest BCUT2D eigenvalue weighted by atomic mass is 16.5. The molecule has 0 saturated carbocycles. The number of para-hydroxylation sites is 3. The highest BCUT2D eigenvalue weighted by molar-refractivity contribution is 6.07. The fourth-order valence-electron chi connectivity index (χ4n) is 3.69. The smallest absolute Gasteiger partial charge is 0.321 e. The van der Waals surface area contributed by atoms with Gasteiger partial charge in [-0.1, -0.05) is 30.3 Å². The summed E-state index contributed by atoms with van der Waals surface area (Å²) >= 11 is 0. The Morgan fingerprint density at radius 3 is 2.64 bits per heavy atom. The van der Waals surface area contributed by atoms with Gasteiger partial charge in [-0.3, -0.25) is 14.9 Å². The molecule has 1 amide bonds. The monoisotopic (exact) mass is 379 g/mol. The first-order valence-corrected chi connectivity index (χ1v) is 9.31. The fourth-order valence-corrected chi connectivity index (χ4v) is 3.69. The molecule has 0 fully saturated rings. The van der Waals surface area contributed by atoms with Crippen LogP contribution in [0.3, 0.4) is 0 Å². The Morgan fingerprint density at radius 2 is 1.86 bits per heavy atom. The molecule has 1 aliphatic heterocycles. The molecule has 0 radical (unpaired) electrons. The van der Waals surface area contributed by atoms with Crippen molar-refractivity contribution in [3.63, 3.8) is 0 Å². The second-order valence-electron chi connectivity index (χ2n) is 6.43. The van der Waals surface area contributed by atoms with Crippen molar-refractivity contribution in [2.24, 2.45) is 5.92 Å². The summed E-state index contributed by atoms with van der Waals surface area (Å²) in [6.45, 7) is 4.28. The molecule has 2 aromatic carbocycles. The fraction of sp³-hybridized carbons (Fsp3) is 0.286. The number of imidazole rings is 1. The second kappa shape index (κ2) is 7.34. The van der Waals surface area contributed by atoms with Crippen LogP contribution in [0.1, 0.15) is 25.5 Å². The van der Waals surface area contributed by atoms with Crippen molar-refractivity contribution < 1.29 is 19.1 Å². The molecule has 0 aliphatic carbocycles. The lowest BCUT2D eigenvalue weighted by Crippen LogP contribution is -2.43. The number of ether oxygens (including phenoxy) is 2. The van der Waals surface area contributed by atoms with Gasteiger partial charge in [-0.2, -0.15) is 0 Å². The lowest BCUT2D eigenvalue weighted by Gasteiger charge is -2.33. The molecule has 2 unspecified atom stereocenters. The van der Waals surface area contributed by atoms with Crippen LogP contribution in [-0.2, 0) is 14.3 Å². The maximum absolute atomic E-state index is 12.9. The largest absolute Gasteiger partial charge is 0.494 e. The molecule has 1 N–H and O–H groups in total. The lowest BCUT2D eigenvalue weighted by molar-refractivity contribution is -0.152. The highest BCUT2D eigenvalue weighted by Crippen LogP contribution is 2.41. The van der Waals surface area contributed by atoms with Crippen LogP contribution in [0.5, 0.6) is 5.75 Å². The van der Waals surface area contributed by atoms with Crippen LogP contribution in [0, 0.1) is 5.92 Å². The number of nitrogens with one attached hydrogen (secondary N) is 1. The Labute approximate surface area is 162 Å². The summed E-state index contributed by atoms with van der Waals surface area (Å²) in [6, 6.07) is 14.4. The van der Waals surface area contributed by atoms with Crippen molar-refractivity contribution >= 4 is 28.9 Å². The zero-order valence-corrected chi connectivity index (χ0v) is 15.7. The number of benzene rings is 2. The summed E-state index contributed by atoms with van der Waals surface area (Å²) in [5.74, 6) is -1.02. The van der Waals surface area contributed by atoms with Gasteiger partial charge in [0.15, 0.2) is 5.92 Å². The minimum Gasteiger partial charge on any atom is -0.494 e. The van der Waals surface area contributed by atoms with Crippen molar-refractivity contribution in [2.45, 2.75) is 19.9 Å². The first kappa shape index (κ1) is 18.0. The summed E-state index contributed by atoms with van der Waals surface area (Å²) in [6.07, 6.45) is 0. The lowest BCUT2D eigenvalue weighted by atomic mass is 9.89. The number of aromatic nitrogens is 2. The number of anilines is 1. The van der Waals surface area contributed by atoms with E-state index >= 15 is 0 Å². The third-order valence-electron chi connectivity index (χ3n) is 4.79. The summed E-state index contributed by atoms with van der Waals surface area (Å²) in [5.41, 5.74) is 2.30. The van der Waals surface area contributed by atoms with Gasteiger partial charge in [0.25, 0.3) is 0 Å². The topological polar surface area (TPSA) is 82.5 Å². The van der Waals surface area contributed by atoms with Crippen LogP contribution in [0.15, 0.2) is 48.5 Å². The van der Waals surface area contributed by atoms with Gasteiger partial charge < -0.3 is 14.0 Å². The minimum absolute atomic E-state index is 0.194. The molecule has 7 nitrogen and oxygen atoms in total. The molecule has 144 valence electrons. The predicted molar refractivity (Wildman–Crippen MR) is 104 cm³/mol. The van der Waals surface area contributed by atoms with E-state index in [-0.39, 0.29) is 6.61 Å². The molecule has 1 aromatic heterocycles. The van der Waals surface area contributed by atoms with Crippen LogP contribution < -0.4 is 10.1 Å². The van der Waals surface area contributed by atoms with Crippen LogP contribution in [-0.4, -0.2) is 34.6 Å². The van der Waals surface area contributed by atoms with E-state index in [1.807, 2.05) is 60.0 Å².